The lowest BCUT2D eigenvalue weighted by Gasteiger charge is -2.47. The Morgan fingerprint density at radius 3 is 2.67 bits per heavy atom. The molecule has 0 radical (unpaired) electrons. The molecule has 2 aromatic rings. The number of pyridine rings is 1. The second kappa shape index (κ2) is 9.90. The number of benzene rings is 1. The van der Waals surface area contributed by atoms with Crippen molar-refractivity contribution in [2.45, 2.75) is 75.2 Å². The summed E-state index contributed by atoms with van der Waals surface area (Å²) < 4.78 is 0. The third-order valence-corrected chi connectivity index (χ3v) is 10.0. The van der Waals surface area contributed by atoms with Gasteiger partial charge in [-0.25, -0.2) is 0 Å². The van der Waals surface area contributed by atoms with E-state index < -0.39 is 0 Å². The minimum atomic E-state index is -0.297. The van der Waals surface area contributed by atoms with E-state index in [0.29, 0.717) is 41.1 Å². The topological polar surface area (TPSA) is 68.1 Å². The fraction of sp³-hybridized carbons (Fsp3) is 0.567. The van der Waals surface area contributed by atoms with Crippen molar-refractivity contribution < 1.29 is 19.9 Å². The number of rotatable bonds is 3. The van der Waals surface area contributed by atoms with Crippen LogP contribution in [0.5, 0.6) is 0 Å². The van der Waals surface area contributed by atoms with E-state index in [1.165, 1.54) is 37.7 Å². The molecule has 3 N–H and O–H groups in total. The molecule has 3 heterocycles. The third kappa shape index (κ3) is 4.18. The molecule has 36 heavy (non-hydrogen) atoms. The van der Waals surface area contributed by atoms with Crippen LogP contribution < -0.4 is 10.3 Å². The number of carbonyl (C=O) groups is 2. The molecule has 3 fully saturated rings. The molecule has 6 rings (SSSR count). The highest BCUT2D eigenvalue weighted by molar-refractivity contribution is 6.28. The van der Waals surface area contributed by atoms with Gasteiger partial charge in [0.15, 0.2) is 0 Å². The highest BCUT2D eigenvalue weighted by atomic mass is 35.5. The summed E-state index contributed by atoms with van der Waals surface area (Å²) in [6.45, 7) is 2.49. The maximum Gasteiger partial charge on any atom is 0.273 e. The first-order valence-corrected chi connectivity index (χ1v) is 14.4. The second-order valence-electron chi connectivity index (χ2n) is 11.6. The number of H-pyrrole nitrogens is 1. The van der Waals surface area contributed by atoms with E-state index in [-0.39, 0.29) is 17.1 Å². The summed E-state index contributed by atoms with van der Waals surface area (Å²) in [4.78, 5) is 32.7. The summed E-state index contributed by atoms with van der Waals surface area (Å²) >= 11 is 6.24. The first kappa shape index (κ1) is 24.1. The smallest absolute Gasteiger partial charge is 0.273 e. The molecule has 0 bridgehead atoms. The Bertz CT molecular complexity index is 1130. The van der Waals surface area contributed by atoms with E-state index in [4.69, 9.17) is 11.6 Å². The number of aromatic amines is 1. The number of piperidine rings is 1. The molecular weight excluding hydrogens is 470 g/mol. The van der Waals surface area contributed by atoms with Gasteiger partial charge >= 0.3 is 0 Å². The predicted molar refractivity (Wildman–Crippen MR) is 139 cm³/mol. The first-order chi connectivity index (χ1) is 17.6. The van der Waals surface area contributed by atoms with Gasteiger partial charge < -0.3 is 10.2 Å². The van der Waals surface area contributed by atoms with E-state index in [1.54, 1.807) is 0 Å². The number of hydrogen-bond acceptors (Lipinski definition) is 2. The predicted octanol–water partition coefficient (Wildman–Crippen LogP) is 3.92. The molecule has 2 aliphatic heterocycles. The summed E-state index contributed by atoms with van der Waals surface area (Å²) in [6.07, 6.45) is 9.69. The van der Waals surface area contributed by atoms with Gasteiger partial charge in [0.2, 0.25) is 11.7 Å². The SMILES string of the molecule is O=C1CC[C@]2(C[NH2+]C[C@H]2C(=O)N2CC[C@@H](c3ccccc3)C[C@H]2C2CCCCC2)c2ccc(Cl)[nH+]c21. The number of nitrogens with two attached hydrogens (primary N) is 1. The Labute approximate surface area is 219 Å². The van der Waals surface area contributed by atoms with Gasteiger partial charge in [0, 0.05) is 30.6 Å². The van der Waals surface area contributed by atoms with E-state index in [0.717, 1.165) is 44.5 Å². The lowest BCUT2D eigenvalue weighted by atomic mass is 9.64. The van der Waals surface area contributed by atoms with E-state index in [2.05, 4.69) is 45.5 Å². The monoisotopic (exact) mass is 507 g/mol. The van der Waals surface area contributed by atoms with Crippen LogP contribution >= 0.6 is 11.6 Å². The number of aromatic nitrogens is 1. The number of Topliss-reactive ketones (excluding diaryl/α,β-unsaturated/α-hetero) is 1. The maximum atomic E-state index is 14.5. The first-order valence-electron chi connectivity index (χ1n) is 14.0. The fourth-order valence-electron chi connectivity index (χ4n) is 7.95. The quantitative estimate of drug-likeness (QED) is 0.640. The Balaban J connectivity index is 1.32. The average molecular weight is 508 g/mol. The van der Waals surface area contributed by atoms with Crippen LogP contribution in [0.3, 0.4) is 0 Å². The Morgan fingerprint density at radius 2 is 1.86 bits per heavy atom. The third-order valence-electron chi connectivity index (χ3n) is 9.79. The summed E-state index contributed by atoms with van der Waals surface area (Å²) in [6, 6.07) is 15.1. The number of nitrogens with zero attached hydrogens (tertiary/aromatic N) is 1. The molecule has 1 aromatic heterocycles. The van der Waals surface area contributed by atoms with Crippen LogP contribution in [0.25, 0.3) is 0 Å². The molecule has 1 spiro atoms. The van der Waals surface area contributed by atoms with Gasteiger partial charge in [-0.2, -0.15) is 4.98 Å². The lowest BCUT2D eigenvalue weighted by Crippen LogP contribution is -2.82. The van der Waals surface area contributed by atoms with Gasteiger partial charge in [0.1, 0.15) is 5.92 Å². The van der Waals surface area contributed by atoms with Crippen LogP contribution in [0.2, 0.25) is 5.15 Å². The Morgan fingerprint density at radius 1 is 1.06 bits per heavy atom. The van der Waals surface area contributed by atoms with E-state index in [1.807, 2.05) is 12.1 Å². The molecule has 1 amide bonds. The summed E-state index contributed by atoms with van der Waals surface area (Å²) in [5.74, 6) is 1.46. The van der Waals surface area contributed by atoms with Crippen LogP contribution in [0.15, 0.2) is 42.5 Å². The number of halogens is 1. The van der Waals surface area contributed by atoms with Crippen LogP contribution in [-0.2, 0) is 10.2 Å². The van der Waals surface area contributed by atoms with Gasteiger partial charge in [-0.3, -0.25) is 9.59 Å². The van der Waals surface area contributed by atoms with Crippen LogP contribution in [-0.4, -0.2) is 42.3 Å². The van der Waals surface area contributed by atoms with Crippen molar-refractivity contribution in [2.24, 2.45) is 11.8 Å². The second-order valence-corrected chi connectivity index (χ2v) is 12.0. The van der Waals surface area contributed by atoms with E-state index >= 15 is 0 Å². The highest BCUT2D eigenvalue weighted by Gasteiger charge is 2.57. The largest absolute Gasteiger partial charge is 0.345 e. The zero-order chi connectivity index (χ0) is 24.7. The minimum Gasteiger partial charge on any atom is -0.345 e. The van der Waals surface area contributed by atoms with E-state index in [9.17, 15) is 9.59 Å². The molecule has 4 atom stereocenters. The van der Waals surface area contributed by atoms with Gasteiger partial charge in [0.25, 0.3) is 10.8 Å². The van der Waals surface area contributed by atoms with Crippen LogP contribution in [0.1, 0.15) is 85.3 Å². The number of hydrogen-bond donors (Lipinski definition) is 1. The molecular formula is C30H38ClN3O2+2. The summed E-state index contributed by atoms with van der Waals surface area (Å²) in [7, 11) is 0. The summed E-state index contributed by atoms with van der Waals surface area (Å²) in [5.41, 5.74) is 2.75. The molecule has 190 valence electrons. The molecule has 1 saturated carbocycles. The zero-order valence-corrected chi connectivity index (χ0v) is 21.8. The number of likely N-dealkylation sites (tertiary alicyclic amines) is 1. The molecule has 1 aromatic carbocycles. The van der Waals surface area contributed by atoms with Crippen molar-refractivity contribution in [3.8, 4) is 0 Å². The van der Waals surface area contributed by atoms with Crippen molar-refractivity contribution >= 4 is 23.3 Å². The molecule has 0 unspecified atom stereocenters. The Kier molecular flexibility index (Phi) is 6.64. The number of nitrogens with one attached hydrogen (secondary N) is 1. The number of quaternary nitrogens is 1. The number of amides is 1. The standard InChI is InChI=1S/C30H36ClN3O2/c31-27-12-11-23-28(33-27)26(35)13-15-30(23)19-32-18-24(30)29(36)34-16-14-22(20-7-3-1-4-8-20)17-25(34)21-9-5-2-6-10-21/h1,3-4,7-8,11-12,21-22,24-25,32H,2,5-6,9-10,13-19H2/p+2/t22-,24+,25+,30+/m1/s1. The fourth-order valence-corrected chi connectivity index (χ4v) is 8.11. The Hall–Kier alpha value is -2.24. The molecule has 5 nitrogen and oxygen atoms in total. The number of ketones is 1. The zero-order valence-electron chi connectivity index (χ0n) is 21.1. The number of fused-ring (bicyclic) bond motifs is 2. The van der Waals surface area contributed by atoms with Crippen LogP contribution in [0, 0.1) is 11.8 Å². The van der Waals surface area contributed by atoms with Crippen molar-refractivity contribution in [3.05, 3.63) is 64.4 Å². The van der Waals surface area contributed by atoms with Crippen molar-refractivity contribution in [2.75, 3.05) is 19.6 Å². The molecule has 2 aliphatic carbocycles. The van der Waals surface area contributed by atoms with Crippen LogP contribution in [0.4, 0.5) is 0 Å². The van der Waals surface area contributed by atoms with Gasteiger partial charge in [-0.15, -0.1) is 0 Å². The highest BCUT2D eigenvalue weighted by Crippen LogP contribution is 2.45. The average Bonchev–Trinajstić information content (AvgIpc) is 3.35. The molecule has 2 saturated heterocycles. The van der Waals surface area contributed by atoms with Crippen molar-refractivity contribution in [1.82, 2.24) is 4.90 Å². The van der Waals surface area contributed by atoms with Gasteiger partial charge in [-0.1, -0.05) is 49.6 Å². The lowest BCUT2D eigenvalue weighted by molar-refractivity contribution is -0.640. The summed E-state index contributed by atoms with van der Waals surface area (Å²) in [5, 5.41) is 2.77. The van der Waals surface area contributed by atoms with Gasteiger partial charge in [0.05, 0.1) is 18.5 Å². The van der Waals surface area contributed by atoms with Crippen molar-refractivity contribution in [3.63, 3.8) is 0 Å². The van der Waals surface area contributed by atoms with Gasteiger partial charge in [-0.05, 0) is 67.2 Å². The maximum absolute atomic E-state index is 14.5. The number of carbonyl (C=O) groups excluding carboxylic acids is 2. The normalized spacial score (nSPS) is 31.0. The molecule has 6 heteroatoms. The minimum absolute atomic E-state index is 0.0988. The van der Waals surface area contributed by atoms with Crippen molar-refractivity contribution in [1.29, 1.82) is 0 Å². The molecule has 4 aliphatic rings.